The van der Waals surface area contributed by atoms with Crippen molar-refractivity contribution >= 4 is 50.1 Å². The van der Waals surface area contributed by atoms with Gasteiger partial charge in [-0.25, -0.2) is 8.42 Å². The van der Waals surface area contributed by atoms with Gasteiger partial charge in [0.15, 0.2) is 0 Å². The number of hydrogen-bond acceptors (Lipinski definition) is 4. The second-order valence-electron chi connectivity index (χ2n) is 10.4. The van der Waals surface area contributed by atoms with Crippen LogP contribution in [0.4, 0.5) is 5.69 Å². The van der Waals surface area contributed by atoms with Crippen LogP contribution in [0, 0.1) is 10.5 Å². The topological polar surface area (TPSA) is 86.8 Å². The Morgan fingerprint density at radius 2 is 1.57 bits per heavy atom. The van der Waals surface area contributed by atoms with Crippen LogP contribution in [0.3, 0.4) is 0 Å². The zero-order chi connectivity index (χ0) is 28.7. The molecule has 7 nitrogen and oxygen atoms in total. The molecule has 0 radical (unpaired) electrons. The summed E-state index contributed by atoms with van der Waals surface area (Å²) in [6.45, 7) is 1.75. The molecule has 1 saturated carbocycles. The van der Waals surface area contributed by atoms with Gasteiger partial charge in [0, 0.05) is 22.6 Å². The predicted molar refractivity (Wildman–Crippen MR) is 167 cm³/mol. The lowest BCUT2D eigenvalue weighted by atomic mass is 10.0. The maximum atomic E-state index is 14.2. The number of amides is 2. The van der Waals surface area contributed by atoms with E-state index in [1.807, 2.05) is 61.5 Å². The number of rotatable bonds is 11. The first-order valence-electron chi connectivity index (χ1n) is 13.5. The Labute approximate surface area is 251 Å². The van der Waals surface area contributed by atoms with Gasteiger partial charge in [-0.3, -0.25) is 13.9 Å². The molecule has 1 aliphatic rings. The highest BCUT2D eigenvalue weighted by Gasteiger charge is 2.34. The predicted octanol–water partition coefficient (Wildman–Crippen LogP) is 5.06. The Bertz CT molecular complexity index is 1410. The van der Waals surface area contributed by atoms with E-state index in [0.29, 0.717) is 12.1 Å². The molecule has 0 aromatic heterocycles. The van der Waals surface area contributed by atoms with E-state index in [-0.39, 0.29) is 18.5 Å². The lowest BCUT2D eigenvalue weighted by Crippen LogP contribution is -2.54. The highest BCUT2D eigenvalue weighted by atomic mass is 127. The molecule has 0 bridgehead atoms. The monoisotopic (exact) mass is 673 g/mol. The molecule has 40 heavy (non-hydrogen) atoms. The van der Waals surface area contributed by atoms with Crippen LogP contribution >= 0.6 is 22.6 Å². The lowest BCUT2D eigenvalue weighted by molar-refractivity contribution is -0.140. The quantitative estimate of drug-likeness (QED) is 0.289. The molecule has 1 aliphatic carbocycles. The first-order chi connectivity index (χ1) is 19.1. The summed E-state index contributed by atoms with van der Waals surface area (Å²) in [5.74, 6) is -0.646. The number of nitrogens with zero attached hydrogens (tertiary/aromatic N) is 2. The standard InChI is InChI=1S/C31H36IN3O4S/c1-23-10-6-7-13-25(23)21-34(30(36)22-35(40(2,38)39)28-18-16-26(32)17-19-28)29(20-24-11-4-3-5-12-24)31(37)33-27-14-8-9-15-27/h3-7,10-13,16-19,27,29H,8-9,14-15,20-22H2,1-2H3,(H,33,37). The van der Waals surface area contributed by atoms with Crippen molar-refractivity contribution < 1.29 is 18.0 Å². The molecule has 1 N–H and O–H groups in total. The third kappa shape index (κ3) is 8.06. The summed E-state index contributed by atoms with van der Waals surface area (Å²) in [6, 6.07) is 23.6. The van der Waals surface area contributed by atoms with E-state index in [4.69, 9.17) is 0 Å². The summed E-state index contributed by atoms with van der Waals surface area (Å²) in [7, 11) is -3.78. The number of nitrogens with one attached hydrogen (secondary N) is 1. The molecule has 3 aromatic carbocycles. The van der Waals surface area contributed by atoms with Crippen molar-refractivity contribution in [2.75, 3.05) is 17.1 Å². The van der Waals surface area contributed by atoms with Crippen molar-refractivity contribution in [3.63, 3.8) is 0 Å². The van der Waals surface area contributed by atoms with Crippen molar-refractivity contribution in [2.45, 2.75) is 57.7 Å². The molecule has 0 heterocycles. The van der Waals surface area contributed by atoms with E-state index in [1.54, 1.807) is 29.2 Å². The molecule has 1 atom stereocenters. The number of anilines is 1. The van der Waals surface area contributed by atoms with Crippen molar-refractivity contribution in [1.82, 2.24) is 10.2 Å². The molecular weight excluding hydrogens is 637 g/mol. The molecular formula is C31H36IN3O4S. The smallest absolute Gasteiger partial charge is 0.244 e. The van der Waals surface area contributed by atoms with Gasteiger partial charge in [0.05, 0.1) is 11.9 Å². The number of sulfonamides is 1. The average Bonchev–Trinajstić information content (AvgIpc) is 3.44. The van der Waals surface area contributed by atoms with Crippen LogP contribution in [0.5, 0.6) is 0 Å². The Hall–Kier alpha value is -2.92. The SMILES string of the molecule is Cc1ccccc1CN(C(=O)CN(c1ccc(I)cc1)S(C)(=O)=O)C(Cc1ccccc1)C(=O)NC1CCCC1. The third-order valence-electron chi connectivity index (χ3n) is 7.37. The van der Waals surface area contributed by atoms with Gasteiger partial charge in [0.1, 0.15) is 12.6 Å². The largest absolute Gasteiger partial charge is 0.352 e. The summed E-state index contributed by atoms with van der Waals surface area (Å²) in [5, 5.41) is 3.19. The summed E-state index contributed by atoms with van der Waals surface area (Å²) < 4.78 is 27.8. The number of carbonyl (C=O) groups excluding carboxylic acids is 2. The van der Waals surface area contributed by atoms with Crippen LogP contribution in [-0.2, 0) is 32.6 Å². The fraction of sp³-hybridized carbons (Fsp3) is 0.355. The van der Waals surface area contributed by atoms with E-state index in [9.17, 15) is 18.0 Å². The normalized spacial score (nSPS) is 14.5. The molecule has 3 aromatic rings. The maximum absolute atomic E-state index is 14.2. The van der Waals surface area contributed by atoms with Gasteiger partial charge in [-0.15, -0.1) is 0 Å². The Kier molecular flexibility index (Phi) is 10.2. The van der Waals surface area contributed by atoms with Crippen molar-refractivity contribution in [3.05, 3.63) is 99.1 Å². The van der Waals surface area contributed by atoms with Crippen molar-refractivity contribution in [1.29, 1.82) is 0 Å². The highest BCUT2D eigenvalue weighted by Crippen LogP contribution is 2.23. The maximum Gasteiger partial charge on any atom is 0.244 e. The molecule has 0 saturated heterocycles. The number of hydrogen-bond donors (Lipinski definition) is 1. The second-order valence-corrected chi connectivity index (χ2v) is 13.5. The average molecular weight is 674 g/mol. The number of halogens is 1. The Morgan fingerprint density at radius 1 is 0.950 bits per heavy atom. The molecule has 212 valence electrons. The van der Waals surface area contributed by atoms with Crippen LogP contribution in [0.25, 0.3) is 0 Å². The van der Waals surface area contributed by atoms with Crippen molar-refractivity contribution in [3.8, 4) is 0 Å². The number of aryl methyl sites for hydroxylation is 1. The molecule has 4 rings (SSSR count). The van der Waals surface area contributed by atoms with Gasteiger partial charge in [-0.1, -0.05) is 67.4 Å². The van der Waals surface area contributed by atoms with Crippen LogP contribution in [0.1, 0.15) is 42.4 Å². The van der Waals surface area contributed by atoms with Crippen LogP contribution in [0.15, 0.2) is 78.9 Å². The van der Waals surface area contributed by atoms with Gasteiger partial charge in [0.25, 0.3) is 0 Å². The van der Waals surface area contributed by atoms with E-state index in [0.717, 1.165) is 56.5 Å². The fourth-order valence-electron chi connectivity index (χ4n) is 5.11. The summed E-state index contributed by atoms with van der Waals surface area (Å²) in [4.78, 5) is 29.6. The zero-order valence-corrected chi connectivity index (χ0v) is 25.9. The molecule has 0 spiro atoms. The summed E-state index contributed by atoms with van der Waals surface area (Å²) >= 11 is 2.15. The van der Waals surface area contributed by atoms with E-state index in [1.165, 1.54) is 0 Å². The molecule has 0 aliphatic heterocycles. The van der Waals surface area contributed by atoms with Gasteiger partial charge < -0.3 is 10.2 Å². The van der Waals surface area contributed by atoms with Crippen molar-refractivity contribution in [2.24, 2.45) is 0 Å². The first kappa shape index (κ1) is 30.0. The molecule has 9 heteroatoms. The van der Waals surface area contributed by atoms with Gasteiger partial charge >= 0.3 is 0 Å². The van der Waals surface area contributed by atoms with Gasteiger partial charge in [0.2, 0.25) is 21.8 Å². The first-order valence-corrected chi connectivity index (χ1v) is 16.5. The fourth-order valence-corrected chi connectivity index (χ4v) is 6.32. The van der Waals surface area contributed by atoms with E-state index < -0.39 is 28.5 Å². The summed E-state index contributed by atoms with van der Waals surface area (Å²) in [5.41, 5.74) is 3.23. The van der Waals surface area contributed by atoms with Gasteiger partial charge in [-0.05, 0) is 83.3 Å². The van der Waals surface area contributed by atoms with Gasteiger partial charge in [-0.2, -0.15) is 0 Å². The molecule has 1 unspecified atom stereocenters. The second kappa shape index (κ2) is 13.6. The summed E-state index contributed by atoms with van der Waals surface area (Å²) in [6.07, 6.45) is 5.39. The van der Waals surface area contributed by atoms with Crippen LogP contribution < -0.4 is 9.62 Å². The van der Waals surface area contributed by atoms with Crippen LogP contribution in [0.2, 0.25) is 0 Å². The Balaban J connectivity index is 1.72. The van der Waals surface area contributed by atoms with Crippen LogP contribution in [-0.4, -0.2) is 50.0 Å². The number of benzene rings is 3. The minimum Gasteiger partial charge on any atom is -0.352 e. The molecule has 1 fully saturated rings. The minimum absolute atomic E-state index is 0.0838. The zero-order valence-electron chi connectivity index (χ0n) is 22.9. The highest BCUT2D eigenvalue weighted by molar-refractivity contribution is 14.1. The number of carbonyl (C=O) groups is 2. The third-order valence-corrected chi connectivity index (χ3v) is 9.23. The van der Waals surface area contributed by atoms with E-state index in [2.05, 4.69) is 27.9 Å². The molecule has 2 amide bonds. The lowest BCUT2D eigenvalue weighted by Gasteiger charge is -2.34. The minimum atomic E-state index is -3.78. The Morgan fingerprint density at radius 3 is 2.20 bits per heavy atom. The van der Waals surface area contributed by atoms with E-state index >= 15 is 0 Å².